The van der Waals surface area contributed by atoms with E-state index in [2.05, 4.69) is 37.5 Å². The fraction of sp³-hybridized carbons (Fsp3) is 1.00. The van der Waals surface area contributed by atoms with Crippen molar-refractivity contribution in [3.8, 4) is 0 Å². The van der Waals surface area contributed by atoms with Crippen molar-refractivity contribution in [2.75, 3.05) is 6.61 Å². The summed E-state index contributed by atoms with van der Waals surface area (Å²) < 4.78 is 13.6. The highest BCUT2D eigenvalue weighted by Gasteiger charge is 2.10. The lowest BCUT2D eigenvalue weighted by atomic mass is 10.3. The average molecular weight is 227 g/mol. The van der Waals surface area contributed by atoms with Gasteiger partial charge in [-0.2, -0.15) is 0 Å². The summed E-state index contributed by atoms with van der Waals surface area (Å²) in [4.78, 5) is 15.8. The molecular weight excluding hydrogens is 205 g/mol. The molecule has 0 fully saturated rings. The second-order valence-electron chi connectivity index (χ2n) is 3.38. The Bertz CT molecular complexity index is 161. The van der Waals surface area contributed by atoms with Gasteiger partial charge < -0.3 is 15.1 Å². The van der Waals surface area contributed by atoms with E-state index < -0.39 is 7.82 Å². The lowest BCUT2D eigenvalue weighted by Gasteiger charge is -2.10. The minimum absolute atomic E-state index is 0.0459. The van der Waals surface area contributed by atoms with Crippen molar-refractivity contribution in [2.45, 2.75) is 46.7 Å². The van der Waals surface area contributed by atoms with E-state index in [1.807, 2.05) is 0 Å². The Morgan fingerprint density at radius 1 is 1.21 bits per heavy atom. The summed E-state index contributed by atoms with van der Waals surface area (Å²) in [5, 5.41) is 3.31. The zero-order chi connectivity index (χ0) is 11.8. The molecule has 3 N–H and O–H groups in total. The molecule has 0 aliphatic rings. The minimum Gasteiger partial charge on any atom is -0.312 e. The SMILES string of the molecule is CC(C)NC(C)C.CCOP(=O)(O)O. The Morgan fingerprint density at radius 3 is 1.57 bits per heavy atom. The zero-order valence-corrected chi connectivity index (χ0v) is 10.4. The van der Waals surface area contributed by atoms with Crippen molar-refractivity contribution >= 4 is 7.82 Å². The van der Waals surface area contributed by atoms with Gasteiger partial charge in [0, 0.05) is 12.1 Å². The Balaban J connectivity index is 0. The van der Waals surface area contributed by atoms with Crippen molar-refractivity contribution in [3.63, 3.8) is 0 Å². The summed E-state index contributed by atoms with van der Waals surface area (Å²) in [6, 6.07) is 1.25. The maximum atomic E-state index is 9.70. The molecule has 0 heterocycles. The maximum Gasteiger partial charge on any atom is 0.469 e. The fourth-order valence-electron chi connectivity index (χ4n) is 0.835. The third-order valence-electron chi connectivity index (χ3n) is 0.964. The van der Waals surface area contributed by atoms with E-state index in [4.69, 9.17) is 9.79 Å². The normalized spacial score (nSPS) is 11.5. The van der Waals surface area contributed by atoms with Crippen LogP contribution in [0.15, 0.2) is 0 Å². The maximum absolute atomic E-state index is 9.70. The van der Waals surface area contributed by atoms with E-state index in [1.54, 1.807) is 0 Å². The first-order valence-electron chi connectivity index (χ1n) is 4.65. The van der Waals surface area contributed by atoms with E-state index in [0.717, 1.165) is 0 Å². The van der Waals surface area contributed by atoms with Crippen molar-refractivity contribution in [2.24, 2.45) is 0 Å². The molecule has 0 rings (SSSR count). The standard InChI is InChI=1S/C6H15N.C2H7O4P/c1-5(2)7-6(3)4;1-2-6-7(3,4)5/h5-7H,1-4H3;2H2,1H3,(H2,3,4,5). The van der Waals surface area contributed by atoms with Gasteiger partial charge in [0.15, 0.2) is 0 Å². The van der Waals surface area contributed by atoms with Crippen LogP contribution in [0.25, 0.3) is 0 Å². The fourth-order valence-corrected chi connectivity index (χ4v) is 1.17. The second-order valence-corrected chi connectivity index (χ2v) is 4.62. The highest BCUT2D eigenvalue weighted by molar-refractivity contribution is 7.46. The van der Waals surface area contributed by atoms with Gasteiger partial charge in [-0.05, 0) is 6.92 Å². The molecule has 0 aliphatic carbocycles. The van der Waals surface area contributed by atoms with Gasteiger partial charge in [-0.3, -0.25) is 4.52 Å². The van der Waals surface area contributed by atoms with Gasteiger partial charge in [-0.25, -0.2) is 4.57 Å². The molecule has 0 amide bonds. The van der Waals surface area contributed by atoms with E-state index in [0.29, 0.717) is 12.1 Å². The van der Waals surface area contributed by atoms with Crippen molar-refractivity contribution in [3.05, 3.63) is 0 Å². The van der Waals surface area contributed by atoms with Crippen LogP contribution in [0.2, 0.25) is 0 Å². The van der Waals surface area contributed by atoms with Gasteiger partial charge >= 0.3 is 7.82 Å². The number of phosphoric ester groups is 1. The van der Waals surface area contributed by atoms with E-state index in [9.17, 15) is 4.57 Å². The van der Waals surface area contributed by atoms with Crippen LogP contribution in [-0.2, 0) is 9.09 Å². The van der Waals surface area contributed by atoms with Gasteiger partial charge in [-0.15, -0.1) is 0 Å². The van der Waals surface area contributed by atoms with E-state index in [1.165, 1.54) is 6.92 Å². The quantitative estimate of drug-likeness (QED) is 0.634. The average Bonchev–Trinajstić information content (AvgIpc) is 1.80. The number of phosphoric acid groups is 1. The Hall–Kier alpha value is 0.0700. The second kappa shape index (κ2) is 8.38. The Labute approximate surface area is 86.1 Å². The van der Waals surface area contributed by atoms with Crippen LogP contribution in [0.1, 0.15) is 34.6 Å². The predicted octanol–water partition coefficient (Wildman–Crippen LogP) is 1.51. The molecule has 0 unspecified atom stereocenters. The first-order valence-corrected chi connectivity index (χ1v) is 6.18. The molecule has 0 atom stereocenters. The molecule has 0 saturated heterocycles. The van der Waals surface area contributed by atoms with Crippen LogP contribution < -0.4 is 5.32 Å². The molecule has 0 radical (unpaired) electrons. The molecule has 14 heavy (non-hydrogen) atoms. The minimum atomic E-state index is -4.17. The summed E-state index contributed by atoms with van der Waals surface area (Å²) >= 11 is 0. The molecule has 0 aromatic carbocycles. The lowest BCUT2D eigenvalue weighted by molar-refractivity contribution is 0.206. The number of rotatable bonds is 4. The summed E-state index contributed by atoms with van der Waals surface area (Å²) in [5.41, 5.74) is 0. The van der Waals surface area contributed by atoms with Crippen LogP contribution in [0, 0.1) is 0 Å². The van der Waals surface area contributed by atoms with Crippen LogP contribution in [-0.4, -0.2) is 28.5 Å². The highest BCUT2D eigenvalue weighted by atomic mass is 31.2. The van der Waals surface area contributed by atoms with Gasteiger partial charge in [0.1, 0.15) is 0 Å². The summed E-state index contributed by atoms with van der Waals surface area (Å²) in [7, 11) is -4.17. The van der Waals surface area contributed by atoms with E-state index in [-0.39, 0.29) is 6.61 Å². The van der Waals surface area contributed by atoms with Gasteiger partial charge in [0.05, 0.1) is 6.61 Å². The van der Waals surface area contributed by atoms with Crippen molar-refractivity contribution in [1.29, 1.82) is 0 Å². The molecular formula is C8H22NO4P. The molecule has 0 saturated carbocycles. The summed E-state index contributed by atoms with van der Waals surface area (Å²) in [6.07, 6.45) is 0. The van der Waals surface area contributed by atoms with Crippen molar-refractivity contribution in [1.82, 2.24) is 5.32 Å². The summed E-state index contributed by atoms with van der Waals surface area (Å²) in [5.74, 6) is 0. The first-order chi connectivity index (χ1) is 6.19. The monoisotopic (exact) mass is 227 g/mol. The topological polar surface area (TPSA) is 78.8 Å². The number of nitrogens with one attached hydrogen (secondary N) is 1. The number of hydrogen-bond acceptors (Lipinski definition) is 3. The highest BCUT2D eigenvalue weighted by Crippen LogP contribution is 2.34. The van der Waals surface area contributed by atoms with Crippen LogP contribution >= 0.6 is 7.82 Å². The van der Waals surface area contributed by atoms with Crippen LogP contribution in [0.4, 0.5) is 0 Å². The van der Waals surface area contributed by atoms with Gasteiger partial charge in [0.25, 0.3) is 0 Å². The predicted molar refractivity (Wildman–Crippen MR) is 57.1 cm³/mol. The molecule has 0 aromatic heterocycles. The van der Waals surface area contributed by atoms with Crippen molar-refractivity contribution < 1.29 is 18.9 Å². The zero-order valence-electron chi connectivity index (χ0n) is 9.52. The number of hydrogen-bond donors (Lipinski definition) is 3. The summed E-state index contributed by atoms with van der Waals surface area (Å²) in [6.45, 7) is 10.2. The van der Waals surface area contributed by atoms with Gasteiger partial charge in [-0.1, -0.05) is 27.7 Å². The molecule has 0 aromatic rings. The third-order valence-corrected chi connectivity index (χ3v) is 1.56. The Kier molecular flexibility index (Phi) is 9.88. The lowest BCUT2D eigenvalue weighted by Crippen LogP contribution is -2.29. The first kappa shape index (κ1) is 16.5. The largest absolute Gasteiger partial charge is 0.469 e. The van der Waals surface area contributed by atoms with Gasteiger partial charge in [0.2, 0.25) is 0 Å². The smallest absolute Gasteiger partial charge is 0.312 e. The molecule has 0 aliphatic heterocycles. The third kappa shape index (κ3) is 22.7. The van der Waals surface area contributed by atoms with Crippen LogP contribution in [0.3, 0.4) is 0 Å². The molecule has 0 spiro atoms. The van der Waals surface area contributed by atoms with Crippen LogP contribution in [0.5, 0.6) is 0 Å². The van der Waals surface area contributed by atoms with E-state index >= 15 is 0 Å². The molecule has 6 heteroatoms. The Morgan fingerprint density at radius 2 is 1.57 bits per heavy atom. The molecule has 5 nitrogen and oxygen atoms in total. The molecule has 0 bridgehead atoms. The molecule has 88 valence electrons.